The van der Waals surface area contributed by atoms with Gasteiger partial charge >= 0.3 is 6.03 Å². The van der Waals surface area contributed by atoms with E-state index in [0.717, 1.165) is 25.7 Å². The van der Waals surface area contributed by atoms with Crippen LogP contribution in [0.2, 0.25) is 0 Å². The fourth-order valence-corrected chi connectivity index (χ4v) is 2.69. The first kappa shape index (κ1) is 15.5. The molecule has 0 unspecified atom stereocenters. The first-order valence-corrected chi connectivity index (χ1v) is 7.42. The van der Waals surface area contributed by atoms with E-state index < -0.39 is 6.04 Å². The molecule has 0 saturated heterocycles. The zero-order chi connectivity index (χ0) is 15.2. The zero-order valence-corrected chi connectivity index (χ0v) is 12.2. The summed E-state index contributed by atoms with van der Waals surface area (Å²) in [6.45, 7) is 1.65. The standard InChI is InChI=1S/C16H21FN2O2/c1-12(11-20)19(15-9-7-13(17)8-10-15)16(21)18-14-5-3-2-4-6-14/h7-12,14H,2-6H2,1H3,(H,18,21)/t12-/m0/s1. The van der Waals surface area contributed by atoms with Crippen LogP contribution in [0, 0.1) is 5.82 Å². The normalized spacial score (nSPS) is 17.0. The van der Waals surface area contributed by atoms with Crippen LogP contribution in [0.4, 0.5) is 14.9 Å². The number of hydrogen-bond donors (Lipinski definition) is 1. The summed E-state index contributed by atoms with van der Waals surface area (Å²) in [5.41, 5.74) is 0.518. The highest BCUT2D eigenvalue weighted by Gasteiger charge is 2.24. The lowest BCUT2D eigenvalue weighted by molar-refractivity contribution is -0.108. The molecule has 1 aliphatic rings. The van der Waals surface area contributed by atoms with Gasteiger partial charge in [-0.1, -0.05) is 19.3 Å². The van der Waals surface area contributed by atoms with Gasteiger partial charge in [0.2, 0.25) is 0 Å². The van der Waals surface area contributed by atoms with Crippen molar-refractivity contribution in [2.24, 2.45) is 0 Å². The number of carbonyl (C=O) groups excluding carboxylic acids is 2. The molecule has 0 radical (unpaired) electrons. The fourth-order valence-electron chi connectivity index (χ4n) is 2.69. The number of nitrogens with one attached hydrogen (secondary N) is 1. The zero-order valence-electron chi connectivity index (χ0n) is 12.2. The van der Waals surface area contributed by atoms with Gasteiger partial charge in [-0.25, -0.2) is 9.18 Å². The van der Waals surface area contributed by atoms with Crippen LogP contribution in [-0.2, 0) is 4.79 Å². The fraction of sp³-hybridized carbons (Fsp3) is 0.500. The largest absolute Gasteiger partial charge is 0.335 e. The van der Waals surface area contributed by atoms with Gasteiger partial charge in [0.25, 0.3) is 0 Å². The summed E-state index contributed by atoms with van der Waals surface area (Å²) in [7, 11) is 0. The molecule has 0 aromatic heterocycles. The van der Waals surface area contributed by atoms with Crippen LogP contribution in [0.25, 0.3) is 0 Å². The Bertz CT molecular complexity index is 484. The van der Waals surface area contributed by atoms with Gasteiger partial charge in [-0.15, -0.1) is 0 Å². The number of nitrogens with zero attached hydrogens (tertiary/aromatic N) is 1. The Morgan fingerprint density at radius 3 is 2.48 bits per heavy atom. The minimum atomic E-state index is -0.598. The Morgan fingerprint density at radius 1 is 1.29 bits per heavy atom. The maximum atomic E-state index is 13.0. The lowest BCUT2D eigenvalue weighted by Gasteiger charge is -2.30. The summed E-state index contributed by atoms with van der Waals surface area (Å²) in [5.74, 6) is -0.370. The Kier molecular flexibility index (Phi) is 5.31. The number of hydrogen-bond acceptors (Lipinski definition) is 2. The minimum Gasteiger partial charge on any atom is -0.335 e. The molecule has 1 saturated carbocycles. The average molecular weight is 292 g/mol. The molecule has 21 heavy (non-hydrogen) atoms. The Balaban J connectivity index is 2.12. The Morgan fingerprint density at radius 2 is 1.90 bits per heavy atom. The molecule has 1 aromatic rings. The van der Waals surface area contributed by atoms with Gasteiger partial charge in [0, 0.05) is 11.7 Å². The lowest BCUT2D eigenvalue weighted by atomic mass is 9.96. The number of amides is 2. The second-order valence-corrected chi connectivity index (χ2v) is 5.51. The van der Waals surface area contributed by atoms with Crippen LogP contribution >= 0.6 is 0 Å². The van der Waals surface area contributed by atoms with Crippen LogP contribution in [0.1, 0.15) is 39.0 Å². The summed E-state index contributed by atoms with van der Waals surface area (Å²) < 4.78 is 13.0. The molecule has 2 amide bonds. The highest BCUT2D eigenvalue weighted by molar-refractivity contribution is 5.96. The third-order valence-electron chi connectivity index (χ3n) is 3.86. The average Bonchev–Trinajstić information content (AvgIpc) is 2.50. The molecular weight excluding hydrogens is 271 g/mol. The number of anilines is 1. The first-order valence-electron chi connectivity index (χ1n) is 7.42. The Labute approximate surface area is 124 Å². The van der Waals surface area contributed by atoms with Crippen molar-refractivity contribution in [3.63, 3.8) is 0 Å². The summed E-state index contributed by atoms with van der Waals surface area (Å²) in [6.07, 6.45) is 6.09. The third kappa shape index (κ3) is 4.03. The topological polar surface area (TPSA) is 49.4 Å². The molecule has 1 fully saturated rings. The SMILES string of the molecule is C[C@@H](C=O)N(C(=O)NC1CCCCC1)c1ccc(F)cc1. The van der Waals surface area contributed by atoms with E-state index in [1.54, 1.807) is 6.92 Å². The van der Waals surface area contributed by atoms with Gasteiger partial charge in [0.05, 0.1) is 6.04 Å². The predicted octanol–water partition coefficient (Wildman–Crippen LogP) is 3.26. The molecular formula is C16H21FN2O2. The molecule has 0 spiro atoms. The minimum absolute atomic E-state index is 0.160. The molecule has 1 N–H and O–H groups in total. The molecule has 5 heteroatoms. The van der Waals surface area contributed by atoms with Crippen LogP contribution in [0.5, 0.6) is 0 Å². The number of halogens is 1. The van der Waals surface area contributed by atoms with Crippen molar-refractivity contribution in [3.8, 4) is 0 Å². The first-order chi connectivity index (χ1) is 10.1. The van der Waals surface area contributed by atoms with E-state index >= 15 is 0 Å². The lowest BCUT2D eigenvalue weighted by Crippen LogP contribution is -2.49. The van der Waals surface area contributed by atoms with Crippen molar-refractivity contribution in [1.82, 2.24) is 5.32 Å². The summed E-state index contributed by atoms with van der Waals surface area (Å²) in [4.78, 5) is 24.9. The van der Waals surface area contributed by atoms with Gasteiger partial charge in [0.1, 0.15) is 12.1 Å². The Hall–Kier alpha value is -1.91. The second kappa shape index (κ2) is 7.20. The summed E-state index contributed by atoms with van der Waals surface area (Å²) >= 11 is 0. The van der Waals surface area contributed by atoms with Gasteiger partial charge in [-0.3, -0.25) is 4.90 Å². The quantitative estimate of drug-likeness (QED) is 0.866. The molecule has 0 bridgehead atoms. The molecule has 2 rings (SSSR count). The summed E-state index contributed by atoms with van der Waals surface area (Å²) in [6, 6.07) is 4.85. The maximum Gasteiger partial charge on any atom is 0.322 e. The predicted molar refractivity (Wildman–Crippen MR) is 79.8 cm³/mol. The highest BCUT2D eigenvalue weighted by atomic mass is 19.1. The number of urea groups is 1. The van der Waals surface area contributed by atoms with E-state index in [9.17, 15) is 14.0 Å². The molecule has 1 aliphatic carbocycles. The van der Waals surface area contributed by atoms with E-state index in [1.807, 2.05) is 0 Å². The smallest absolute Gasteiger partial charge is 0.322 e. The van der Waals surface area contributed by atoms with E-state index in [0.29, 0.717) is 12.0 Å². The van der Waals surface area contributed by atoms with E-state index in [1.165, 1.54) is 35.6 Å². The van der Waals surface area contributed by atoms with Crippen LogP contribution in [-0.4, -0.2) is 24.4 Å². The monoisotopic (exact) mass is 292 g/mol. The molecule has 4 nitrogen and oxygen atoms in total. The van der Waals surface area contributed by atoms with Crippen molar-refractivity contribution in [1.29, 1.82) is 0 Å². The molecule has 1 atom stereocenters. The van der Waals surface area contributed by atoms with Crippen molar-refractivity contribution in [3.05, 3.63) is 30.1 Å². The van der Waals surface area contributed by atoms with Gasteiger partial charge in [-0.05, 0) is 44.0 Å². The van der Waals surface area contributed by atoms with Gasteiger partial charge in [0.15, 0.2) is 0 Å². The molecule has 0 aliphatic heterocycles. The van der Waals surface area contributed by atoms with E-state index in [2.05, 4.69) is 5.32 Å². The van der Waals surface area contributed by atoms with Crippen molar-refractivity contribution >= 4 is 18.0 Å². The van der Waals surface area contributed by atoms with Crippen LogP contribution < -0.4 is 10.2 Å². The third-order valence-corrected chi connectivity index (χ3v) is 3.86. The molecule has 1 aromatic carbocycles. The number of rotatable bonds is 4. The highest BCUT2D eigenvalue weighted by Crippen LogP contribution is 2.20. The van der Waals surface area contributed by atoms with Crippen LogP contribution in [0.3, 0.4) is 0 Å². The molecule has 0 heterocycles. The van der Waals surface area contributed by atoms with E-state index in [-0.39, 0.29) is 17.9 Å². The summed E-state index contributed by atoms with van der Waals surface area (Å²) in [5, 5.41) is 2.98. The van der Waals surface area contributed by atoms with Crippen molar-refractivity contribution in [2.45, 2.75) is 51.1 Å². The molecule has 114 valence electrons. The van der Waals surface area contributed by atoms with Crippen LogP contribution in [0.15, 0.2) is 24.3 Å². The maximum absolute atomic E-state index is 13.0. The van der Waals surface area contributed by atoms with E-state index in [4.69, 9.17) is 0 Å². The number of benzene rings is 1. The number of aldehydes is 1. The number of carbonyl (C=O) groups is 2. The van der Waals surface area contributed by atoms with Gasteiger partial charge < -0.3 is 10.1 Å². The van der Waals surface area contributed by atoms with Crippen molar-refractivity contribution in [2.75, 3.05) is 4.90 Å². The second-order valence-electron chi connectivity index (χ2n) is 5.51. The van der Waals surface area contributed by atoms with Gasteiger partial charge in [-0.2, -0.15) is 0 Å². The van der Waals surface area contributed by atoms with Crippen molar-refractivity contribution < 1.29 is 14.0 Å².